The molecular weight excluding hydrogens is 262 g/mol. The zero-order chi connectivity index (χ0) is 11.5. The minimum atomic E-state index is 0.497. The van der Waals surface area contributed by atoms with E-state index in [1.807, 2.05) is 23.3 Å². The van der Waals surface area contributed by atoms with Gasteiger partial charge < -0.3 is 4.90 Å². The highest BCUT2D eigenvalue weighted by molar-refractivity contribution is 7.98. The van der Waals surface area contributed by atoms with Crippen LogP contribution in [-0.2, 0) is 5.88 Å². The van der Waals surface area contributed by atoms with E-state index in [1.165, 1.54) is 0 Å². The molecule has 2 aromatic rings. The van der Waals surface area contributed by atoms with Gasteiger partial charge in [0.1, 0.15) is 0 Å². The van der Waals surface area contributed by atoms with Crippen molar-refractivity contribution in [3.8, 4) is 0 Å². The van der Waals surface area contributed by atoms with E-state index in [0.29, 0.717) is 5.88 Å². The molecule has 6 heteroatoms. The molecule has 0 aliphatic rings. The van der Waals surface area contributed by atoms with Crippen LogP contribution >= 0.6 is 34.7 Å². The van der Waals surface area contributed by atoms with Crippen LogP contribution in [0.5, 0.6) is 0 Å². The lowest BCUT2D eigenvalue weighted by molar-refractivity contribution is 0.941. The molecule has 0 spiro atoms. The van der Waals surface area contributed by atoms with Crippen molar-refractivity contribution in [3.63, 3.8) is 0 Å². The number of halogens is 1. The van der Waals surface area contributed by atoms with Gasteiger partial charge in [-0.25, -0.2) is 4.98 Å². The van der Waals surface area contributed by atoms with Crippen molar-refractivity contribution in [3.05, 3.63) is 17.3 Å². The van der Waals surface area contributed by atoms with Gasteiger partial charge in [0.15, 0.2) is 10.8 Å². The summed E-state index contributed by atoms with van der Waals surface area (Å²) in [5.74, 6) is 2.61. The first kappa shape index (κ1) is 12.1. The Hall–Kier alpha value is -0.390. The molecular formula is C10H14ClN3S2. The van der Waals surface area contributed by atoms with E-state index in [-0.39, 0.29) is 0 Å². The zero-order valence-corrected chi connectivity index (χ0v) is 11.7. The second-order valence-corrected chi connectivity index (χ2v) is 5.61. The minimum absolute atomic E-state index is 0.497. The second-order valence-electron chi connectivity index (χ2n) is 3.49. The number of aromatic nitrogens is 2. The fourth-order valence-corrected chi connectivity index (χ4v) is 3.02. The van der Waals surface area contributed by atoms with E-state index in [2.05, 4.69) is 27.6 Å². The van der Waals surface area contributed by atoms with E-state index >= 15 is 0 Å². The van der Waals surface area contributed by atoms with Gasteiger partial charge >= 0.3 is 0 Å². The summed E-state index contributed by atoms with van der Waals surface area (Å²) in [6.45, 7) is 0.996. The highest BCUT2D eigenvalue weighted by atomic mass is 35.5. The van der Waals surface area contributed by atoms with Gasteiger partial charge in [-0.2, -0.15) is 11.8 Å². The summed E-state index contributed by atoms with van der Waals surface area (Å²) in [5.41, 5.74) is 1.08. The third-order valence-electron chi connectivity index (χ3n) is 2.46. The molecule has 0 fully saturated rings. The topological polar surface area (TPSA) is 20.5 Å². The van der Waals surface area contributed by atoms with E-state index in [4.69, 9.17) is 11.6 Å². The predicted molar refractivity (Wildman–Crippen MR) is 74.3 cm³/mol. The third-order valence-corrected chi connectivity index (χ3v) is 4.06. The number of hydrogen-bond acceptors (Lipinski definition) is 4. The molecule has 0 saturated carbocycles. The van der Waals surface area contributed by atoms with Crippen LogP contribution in [0.25, 0.3) is 4.96 Å². The van der Waals surface area contributed by atoms with Crippen LogP contribution in [0.2, 0.25) is 0 Å². The summed E-state index contributed by atoms with van der Waals surface area (Å²) in [7, 11) is 2.07. The molecule has 2 rings (SSSR count). The number of rotatable bonds is 5. The van der Waals surface area contributed by atoms with Crippen LogP contribution in [-0.4, -0.2) is 35.0 Å². The van der Waals surface area contributed by atoms with Crippen LogP contribution < -0.4 is 4.90 Å². The first-order valence-corrected chi connectivity index (χ1v) is 7.79. The van der Waals surface area contributed by atoms with Gasteiger partial charge in [0.05, 0.1) is 11.6 Å². The van der Waals surface area contributed by atoms with Gasteiger partial charge in [0.2, 0.25) is 0 Å². The number of thioether (sulfide) groups is 1. The van der Waals surface area contributed by atoms with Gasteiger partial charge in [-0.1, -0.05) is 0 Å². The third kappa shape index (κ3) is 2.17. The Balaban J connectivity index is 2.31. The molecule has 0 aliphatic carbocycles. The number of imidazole rings is 1. The highest BCUT2D eigenvalue weighted by Crippen LogP contribution is 2.25. The molecule has 0 unspecified atom stereocenters. The van der Waals surface area contributed by atoms with Crippen molar-refractivity contribution >= 4 is 45.5 Å². The number of thiazole rings is 1. The summed E-state index contributed by atoms with van der Waals surface area (Å²) >= 11 is 9.48. The lowest BCUT2D eigenvalue weighted by Crippen LogP contribution is -2.21. The largest absolute Gasteiger partial charge is 0.357 e. The fourth-order valence-electron chi connectivity index (χ4n) is 1.59. The number of alkyl halides is 1. The molecule has 0 aliphatic heterocycles. The van der Waals surface area contributed by atoms with Crippen LogP contribution in [0, 0.1) is 0 Å². The molecule has 16 heavy (non-hydrogen) atoms. The smallest absolute Gasteiger partial charge is 0.195 e. The second kappa shape index (κ2) is 5.29. The van der Waals surface area contributed by atoms with Gasteiger partial charge in [-0.3, -0.25) is 4.40 Å². The maximum absolute atomic E-state index is 6.00. The van der Waals surface area contributed by atoms with Crippen molar-refractivity contribution in [1.82, 2.24) is 9.38 Å². The number of anilines is 1. The zero-order valence-electron chi connectivity index (χ0n) is 9.31. The molecule has 0 bridgehead atoms. The lowest BCUT2D eigenvalue weighted by atomic mass is 10.4. The van der Waals surface area contributed by atoms with Crippen molar-refractivity contribution in [1.29, 1.82) is 0 Å². The van der Waals surface area contributed by atoms with Gasteiger partial charge in [-0.05, 0) is 6.26 Å². The van der Waals surface area contributed by atoms with Gasteiger partial charge in [0, 0.05) is 30.9 Å². The van der Waals surface area contributed by atoms with E-state index < -0.39 is 0 Å². The standard InChI is InChI=1S/C10H14ClN3S2/c1-13(3-5-15-2)9-8(7-11)14-4-6-16-10(14)12-9/h4,6H,3,5,7H2,1-2H3. The summed E-state index contributed by atoms with van der Waals surface area (Å²) < 4.78 is 2.07. The van der Waals surface area contributed by atoms with Crippen LogP contribution in [0.15, 0.2) is 11.6 Å². The van der Waals surface area contributed by atoms with Crippen molar-refractivity contribution < 1.29 is 0 Å². The summed E-state index contributed by atoms with van der Waals surface area (Å²) in [6, 6.07) is 0. The minimum Gasteiger partial charge on any atom is -0.357 e. The lowest BCUT2D eigenvalue weighted by Gasteiger charge is -2.16. The Morgan fingerprint density at radius 3 is 3.12 bits per heavy atom. The SMILES string of the molecule is CSCCN(C)c1nc2sccn2c1CCl. The Morgan fingerprint density at radius 2 is 2.44 bits per heavy atom. The average Bonchev–Trinajstić information content (AvgIpc) is 2.84. The van der Waals surface area contributed by atoms with Crippen molar-refractivity contribution in [2.24, 2.45) is 0 Å². The van der Waals surface area contributed by atoms with E-state index in [9.17, 15) is 0 Å². The summed E-state index contributed by atoms with van der Waals surface area (Å²) in [5, 5.41) is 2.03. The summed E-state index contributed by atoms with van der Waals surface area (Å²) in [6.07, 6.45) is 4.14. The Labute approximate surface area is 108 Å². The molecule has 0 saturated heterocycles. The monoisotopic (exact) mass is 275 g/mol. The molecule has 2 heterocycles. The summed E-state index contributed by atoms with van der Waals surface area (Å²) in [4.78, 5) is 7.80. The molecule has 0 N–H and O–H groups in total. The number of fused-ring (bicyclic) bond motifs is 1. The first-order valence-electron chi connectivity index (χ1n) is 4.98. The highest BCUT2D eigenvalue weighted by Gasteiger charge is 2.15. The maximum atomic E-state index is 6.00. The number of nitrogens with zero attached hydrogens (tertiary/aromatic N) is 3. The van der Waals surface area contributed by atoms with Crippen molar-refractivity contribution in [2.75, 3.05) is 30.5 Å². The molecule has 3 nitrogen and oxygen atoms in total. The fraction of sp³-hybridized carbons (Fsp3) is 0.500. The van der Waals surface area contributed by atoms with Crippen molar-refractivity contribution in [2.45, 2.75) is 5.88 Å². The Bertz CT molecular complexity index is 466. The molecule has 0 amide bonds. The molecule has 0 radical (unpaired) electrons. The maximum Gasteiger partial charge on any atom is 0.195 e. The van der Waals surface area contributed by atoms with E-state index in [0.717, 1.165) is 28.8 Å². The quantitative estimate of drug-likeness (QED) is 0.783. The predicted octanol–water partition coefficient (Wildman–Crippen LogP) is 2.93. The molecule has 0 aromatic carbocycles. The average molecular weight is 276 g/mol. The van der Waals surface area contributed by atoms with Gasteiger partial charge in [0.25, 0.3) is 0 Å². The normalized spacial score (nSPS) is 11.2. The van der Waals surface area contributed by atoms with E-state index in [1.54, 1.807) is 11.3 Å². The Kier molecular flexibility index (Phi) is 4.00. The Morgan fingerprint density at radius 1 is 1.62 bits per heavy atom. The first-order chi connectivity index (χ1) is 7.77. The number of hydrogen-bond donors (Lipinski definition) is 0. The van der Waals surface area contributed by atoms with Gasteiger partial charge in [-0.15, -0.1) is 22.9 Å². The van der Waals surface area contributed by atoms with Crippen LogP contribution in [0.4, 0.5) is 5.82 Å². The molecule has 0 atom stereocenters. The molecule has 88 valence electrons. The van der Waals surface area contributed by atoms with Crippen LogP contribution in [0.1, 0.15) is 5.69 Å². The van der Waals surface area contributed by atoms with Crippen LogP contribution in [0.3, 0.4) is 0 Å². The molecule has 2 aromatic heterocycles.